The van der Waals surface area contributed by atoms with Crippen LogP contribution in [0, 0.1) is 0 Å². The zero-order chi connectivity index (χ0) is 10.8. The quantitative estimate of drug-likeness (QED) is 0.852. The molecule has 1 heterocycles. The maximum Gasteiger partial charge on any atom is 0.374 e. The largest absolute Gasteiger partial charge is 0.477 e. The van der Waals surface area contributed by atoms with Crippen LogP contribution in [0.1, 0.15) is 5.69 Å². The van der Waals surface area contributed by atoms with E-state index in [4.69, 9.17) is 5.11 Å². The molecule has 6 heteroatoms. The van der Waals surface area contributed by atoms with Crippen molar-refractivity contribution in [2.45, 2.75) is 12.3 Å². The van der Waals surface area contributed by atoms with Gasteiger partial charge < -0.3 is 5.11 Å². The minimum atomic E-state index is -3.77. The smallest absolute Gasteiger partial charge is 0.374 e. The zero-order valence-corrected chi connectivity index (χ0v) is 8.46. The van der Waals surface area contributed by atoms with E-state index in [0.29, 0.717) is 4.60 Å². The number of nitrogens with zero attached hydrogens (tertiary/aromatic N) is 1. The van der Waals surface area contributed by atoms with E-state index < -0.39 is 18.3 Å². The molecule has 0 saturated carbocycles. The first-order chi connectivity index (χ1) is 6.42. The average molecular weight is 266 g/mol. The first-order valence-electron chi connectivity index (χ1n) is 3.64. The van der Waals surface area contributed by atoms with Crippen molar-refractivity contribution in [3.05, 3.63) is 28.5 Å². The number of carboxylic acid groups (broad SMARTS) is 1. The number of aromatic nitrogens is 1. The van der Waals surface area contributed by atoms with Crippen LogP contribution in [0.15, 0.2) is 22.8 Å². The second-order valence-electron chi connectivity index (χ2n) is 2.64. The van der Waals surface area contributed by atoms with Crippen LogP contribution < -0.4 is 0 Å². The molecule has 0 aliphatic rings. The van der Waals surface area contributed by atoms with Gasteiger partial charge in [0, 0.05) is 5.69 Å². The summed E-state index contributed by atoms with van der Waals surface area (Å²) in [4.78, 5) is 13.8. The lowest BCUT2D eigenvalue weighted by molar-refractivity contribution is -0.164. The van der Waals surface area contributed by atoms with E-state index in [2.05, 4.69) is 20.9 Å². The van der Waals surface area contributed by atoms with Gasteiger partial charge in [-0.3, -0.25) is 0 Å². The van der Waals surface area contributed by atoms with Gasteiger partial charge in [0.2, 0.25) is 0 Å². The molecule has 0 amide bonds. The summed E-state index contributed by atoms with van der Waals surface area (Å²) in [5.74, 6) is -5.91. The Labute approximate surface area is 86.9 Å². The average Bonchev–Trinajstić information content (AvgIpc) is 2.02. The lowest BCUT2D eigenvalue weighted by Gasteiger charge is -2.09. The molecule has 0 bridgehead atoms. The summed E-state index contributed by atoms with van der Waals surface area (Å²) in [6, 6.07) is 4.44. The molecule has 0 saturated heterocycles. The summed E-state index contributed by atoms with van der Waals surface area (Å²) >= 11 is 3.00. The molecule has 1 N–H and O–H groups in total. The third-order valence-electron chi connectivity index (χ3n) is 1.49. The van der Waals surface area contributed by atoms with Crippen LogP contribution in [0.3, 0.4) is 0 Å². The van der Waals surface area contributed by atoms with Gasteiger partial charge in [-0.15, -0.1) is 0 Å². The first-order valence-corrected chi connectivity index (χ1v) is 4.44. The van der Waals surface area contributed by atoms with Crippen molar-refractivity contribution in [1.29, 1.82) is 0 Å². The molecule has 0 aromatic carbocycles. The molecule has 1 aromatic heterocycles. The molecule has 0 spiro atoms. The summed E-state index contributed by atoms with van der Waals surface area (Å²) in [5.41, 5.74) is 0.0341. The van der Waals surface area contributed by atoms with Crippen molar-refractivity contribution in [2.75, 3.05) is 0 Å². The number of hydrogen-bond acceptors (Lipinski definition) is 2. The Bertz CT molecular complexity index is 357. The Morgan fingerprint density at radius 3 is 2.71 bits per heavy atom. The standard InChI is InChI=1S/C8H6BrF2NO2/c9-6-3-1-2-5(12-6)4-8(10,11)7(13)14/h1-3H,4H2,(H,13,14). The van der Waals surface area contributed by atoms with E-state index >= 15 is 0 Å². The van der Waals surface area contributed by atoms with Crippen LogP contribution in [0.4, 0.5) is 8.78 Å². The van der Waals surface area contributed by atoms with Crippen LogP contribution >= 0.6 is 15.9 Å². The topological polar surface area (TPSA) is 50.2 Å². The Kier molecular flexibility index (Phi) is 3.15. The van der Waals surface area contributed by atoms with Crippen LogP contribution in [-0.4, -0.2) is 22.0 Å². The maximum absolute atomic E-state index is 12.7. The lowest BCUT2D eigenvalue weighted by atomic mass is 10.2. The summed E-state index contributed by atoms with van der Waals surface area (Å²) in [7, 11) is 0. The van der Waals surface area contributed by atoms with Gasteiger partial charge in [-0.1, -0.05) is 6.07 Å². The molecule has 1 aromatic rings. The van der Waals surface area contributed by atoms with E-state index in [9.17, 15) is 13.6 Å². The first kappa shape index (κ1) is 11.0. The van der Waals surface area contributed by atoms with Gasteiger partial charge in [-0.25, -0.2) is 9.78 Å². The monoisotopic (exact) mass is 265 g/mol. The molecule has 76 valence electrons. The Morgan fingerprint density at radius 1 is 1.57 bits per heavy atom. The number of rotatable bonds is 3. The van der Waals surface area contributed by atoms with E-state index in [1.165, 1.54) is 12.1 Å². The van der Waals surface area contributed by atoms with Crippen LogP contribution in [-0.2, 0) is 11.2 Å². The highest BCUT2D eigenvalue weighted by atomic mass is 79.9. The minimum Gasteiger partial charge on any atom is -0.477 e. The molecule has 1 rings (SSSR count). The maximum atomic E-state index is 12.7. The van der Waals surface area contributed by atoms with Gasteiger partial charge >= 0.3 is 11.9 Å². The number of carbonyl (C=O) groups is 1. The van der Waals surface area contributed by atoms with E-state index in [1.54, 1.807) is 6.07 Å². The summed E-state index contributed by atoms with van der Waals surface area (Å²) in [5, 5.41) is 8.18. The lowest BCUT2D eigenvalue weighted by Crippen LogP contribution is -2.31. The predicted molar refractivity (Wildman–Crippen MR) is 48.2 cm³/mol. The molecule has 0 atom stereocenters. The van der Waals surface area contributed by atoms with Crippen molar-refractivity contribution < 1.29 is 18.7 Å². The molecule has 14 heavy (non-hydrogen) atoms. The number of pyridine rings is 1. The van der Waals surface area contributed by atoms with E-state index in [1.807, 2.05) is 0 Å². The van der Waals surface area contributed by atoms with E-state index in [0.717, 1.165) is 0 Å². The summed E-state index contributed by atoms with van der Waals surface area (Å²) in [6.07, 6.45) is -0.901. The molecule has 0 fully saturated rings. The van der Waals surface area contributed by atoms with Gasteiger partial charge in [-0.05, 0) is 28.1 Å². The number of halogens is 3. The number of alkyl halides is 2. The Balaban J connectivity index is 2.83. The zero-order valence-electron chi connectivity index (χ0n) is 6.88. The Morgan fingerprint density at radius 2 is 2.21 bits per heavy atom. The third-order valence-corrected chi connectivity index (χ3v) is 1.93. The van der Waals surface area contributed by atoms with Gasteiger partial charge in [0.15, 0.2) is 0 Å². The van der Waals surface area contributed by atoms with Crippen LogP contribution in [0.5, 0.6) is 0 Å². The third kappa shape index (κ3) is 2.73. The molecule has 3 nitrogen and oxygen atoms in total. The van der Waals surface area contributed by atoms with Crippen molar-refractivity contribution in [3.8, 4) is 0 Å². The van der Waals surface area contributed by atoms with Crippen molar-refractivity contribution in [1.82, 2.24) is 4.98 Å². The van der Waals surface area contributed by atoms with Crippen molar-refractivity contribution in [3.63, 3.8) is 0 Å². The molecule has 0 unspecified atom stereocenters. The summed E-state index contributed by atoms with van der Waals surface area (Å²) < 4.78 is 25.8. The second-order valence-corrected chi connectivity index (χ2v) is 3.45. The molecular formula is C8H6BrF2NO2. The fourth-order valence-corrected chi connectivity index (χ4v) is 1.23. The van der Waals surface area contributed by atoms with Gasteiger partial charge in [-0.2, -0.15) is 8.78 Å². The molecule has 0 aliphatic heterocycles. The molecule has 0 aliphatic carbocycles. The second kappa shape index (κ2) is 4.00. The van der Waals surface area contributed by atoms with Crippen LogP contribution in [0.25, 0.3) is 0 Å². The SMILES string of the molecule is O=C(O)C(F)(F)Cc1cccc(Br)n1. The van der Waals surface area contributed by atoms with Crippen molar-refractivity contribution in [2.24, 2.45) is 0 Å². The highest BCUT2D eigenvalue weighted by Gasteiger charge is 2.39. The Hall–Kier alpha value is -1.04. The number of hydrogen-bond donors (Lipinski definition) is 1. The fraction of sp³-hybridized carbons (Fsp3) is 0.250. The van der Waals surface area contributed by atoms with Gasteiger partial charge in [0.1, 0.15) is 4.60 Å². The molecular weight excluding hydrogens is 260 g/mol. The van der Waals surface area contributed by atoms with Gasteiger partial charge in [0.05, 0.1) is 6.42 Å². The normalized spacial score (nSPS) is 11.4. The van der Waals surface area contributed by atoms with Crippen molar-refractivity contribution >= 4 is 21.9 Å². The number of carboxylic acids is 1. The highest BCUT2D eigenvalue weighted by Crippen LogP contribution is 2.20. The number of aliphatic carboxylic acids is 1. The molecule has 0 radical (unpaired) electrons. The minimum absolute atomic E-state index is 0.0341. The van der Waals surface area contributed by atoms with Crippen LogP contribution in [0.2, 0.25) is 0 Å². The summed E-state index contributed by atoms with van der Waals surface area (Å²) in [6.45, 7) is 0. The van der Waals surface area contributed by atoms with Gasteiger partial charge in [0.25, 0.3) is 0 Å². The fourth-order valence-electron chi connectivity index (χ4n) is 0.852. The predicted octanol–water partition coefficient (Wildman–Crippen LogP) is 2.11. The highest BCUT2D eigenvalue weighted by molar-refractivity contribution is 9.10. The van der Waals surface area contributed by atoms with E-state index in [-0.39, 0.29) is 5.69 Å².